The number of sulfone groups is 1. The van der Waals surface area contributed by atoms with Crippen molar-refractivity contribution in [2.75, 3.05) is 0 Å². The summed E-state index contributed by atoms with van der Waals surface area (Å²) in [5, 5.41) is 11.8. The van der Waals surface area contributed by atoms with Crippen molar-refractivity contribution in [3.63, 3.8) is 0 Å². The van der Waals surface area contributed by atoms with Crippen LogP contribution in [0.4, 0.5) is 0 Å². The number of benzene rings is 1. The Labute approximate surface area is 151 Å². The first-order chi connectivity index (χ1) is 11.8. The summed E-state index contributed by atoms with van der Waals surface area (Å²) in [6.45, 7) is 9.81. The van der Waals surface area contributed by atoms with Gasteiger partial charge in [-0.05, 0) is 37.8 Å². The number of aryl methyl sites for hydroxylation is 1. The molecule has 0 aliphatic carbocycles. The van der Waals surface area contributed by atoms with E-state index in [1.165, 1.54) is 5.41 Å². The highest BCUT2D eigenvalue weighted by Crippen LogP contribution is 2.34. The molecule has 4 atom stereocenters. The van der Waals surface area contributed by atoms with Gasteiger partial charge in [0.25, 0.3) is 0 Å². The molecule has 0 radical (unpaired) electrons. The molecule has 25 heavy (non-hydrogen) atoms. The smallest absolute Gasteiger partial charge is 0.199 e. The topological polar surface area (TPSA) is 63.6 Å². The zero-order valence-electron chi connectivity index (χ0n) is 15.2. The highest BCUT2D eigenvalue weighted by molar-refractivity contribution is 7.94. The van der Waals surface area contributed by atoms with E-state index in [1.807, 2.05) is 6.92 Å². The zero-order chi connectivity index (χ0) is 18.6. The molecule has 1 aromatic carbocycles. The molecule has 0 amide bonds. The van der Waals surface area contributed by atoms with E-state index in [0.29, 0.717) is 24.3 Å². The van der Waals surface area contributed by atoms with E-state index in [4.69, 9.17) is 4.74 Å². The summed E-state index contributed by atoms with van der Waals surface area (Å²) >= 11 is 0. The summed E-state index contributed by atoms with van der Waals surface area (Å²) in [6.07, 6.45) is 2.13. The van der Waals surface area contributed by atoms with Crippen LogP contribution < -0.4 is 0 Å². The number of hydrogen-bond donors (Lipinski definition) is 1. The van der Waals surface area contributed by atoms with Gasteiger partial charge in [0.15, 0.2) is 9.84 Å². The fourth-order valence-corrected chi connectivity index (χ4v) is 4.28. The van der Waals surface area contributed by atoms with Gasteiger partial charge >= 0.3 is 0 Å². The van der Waals surface area contributed by atoms with E-state index in [2.05, 4.69) is 20.4 Å². The van der Waals surface area contributed by atoms with Gasteiger partial charge in [0, 0.05) is 11.0 Å². The molecule has 5 heteroatoms. The maximum absolute atomic E-state index is 12.7. The summed E-state index contributed by atoms with van der Waals surface area (Å²) in [7, 11) is -3.64. The Kier molecular flexibility index (Phi) is 6.60. The van der Waals surface area contributed by atoms with Crippen molar-refractivity contribution in [2.45, 2.75) is 63.2 Å². The zero-order valence-corrected chi connectivity index (χ0v) is 16.0. The highest BCUT2D eigenvalue weighted by Gasteiger charge is 2.39. The van der Waals surface area contributed by atoms with Gasteiger partial charge < -0.3 is 9.84 Å². The molecule has 0 aromatic heterocycles. The normalized spacial score (nSPS) is 26.7. The average Bonchev–Trinajstić information content (AvgIpc) is 2.84. The summed E-state index contributed by atoms with van der Waals surface area (Å²) in [4.78, 5) is 0.223. The average molecular weight is 365 g/mol. The second-order valence-electron chi connectivity index (χ2n) is 6.86. The van der Waals surface area contributed by atoms with Crippen LogP contribution in [-0.2, 0) is 14.6 Å². The molecule has 1 heterocycles. The molecular formula is C20H28O4S. The van der Waals surface area contributed by atoms with Crippen LogP contribution in [0.2, 0.25) is 0 Å². The highest BCUT2D eigenvalue weighted by atomic mass is 32.2. The molecule has 2 rings (SSSR count). The van der Waals surface area contributed by atoms with Crippen LogP contribution in [0.25, 0.3) is 0 Å². The van der Waals surface area contributed by atoms with Gasteiger partial charge in [-0.2, -0.15) is 0 Å². The summed E-state index contributed by atoms with van der Waals surface area (Å²) < 4.78 is 31.4. The van der Waals surface area contributed by atoms with Gasteiger partial charge in [-0.15, -0.1) is 6.58 Å². The van der Waals surface area contributed by atoms with E-state index in [1.54, 1.807) is 30.3 Å². The molecule has 4 nitrogen and oxygen atoms in total. The summed E-state index contributed by atoms with van der Waals surface area (Å²) in [6, 6.07) is 6.70. The number of rotatable bonds is 7. The molecule has 0 unspecified atom stereocenters. The molecule has 0 saturated carbocycles. The maximum Gasteiger partial charge on any atom is 0.199 e. The van der Waals surface area contributed by atoms with Crippen molar-refractivity contribution in [1.29, 1.82) is 0 Å². The lowest BCUT2D eigenvalue weighted by Crippen LogP contribution is -2.24. The third kappa shape index (κ3) is 4.81. The van der Waals surface area contributed by atoms with Gasteiger partial charge in [-0.25, -0.2) is 8.42 Å². The monoisotopic (exact) mass is 364 g/mol. The van der Waals surface area contributed by atoms with Crippen LogP contribution in [0.3, 0.4) is 0 Å². The van der Waals surface area contributed by atoms with Crippen LogP contribution in [0.1, 0.15) is 38.7 Å². The third-order valence-electron chi connectivity index (χ3n) is 4.76. The fourth-order valence-electron chi connectivity index (χ4n) is 2.98. The Hall–Kier alpha value is -1.43. The second-order valence-corrected chi connectivity index (χ2v) is 8.65. The Morgan fingerprint density at radius 2 is 1.96 bits per heavy atom. The van der Waals surface area contributed by atoms with Crippen LogP contribution in [-0.4, -0.2) is 31.8 Å². The molecular weight excluding hydrogens is 336 g/mol. The van der Waals surface area contributed by atoms with Gasteiger partial charge in [0.05, 0.1) is 17.1 Å². The lowest BCUT2D eigenvalue weighted by Gasteiger charge is -2.17. The first-order valence-corrected chi connectivity index (χ1v) is 10.3. The fraction of sp³-hybridized carbons (Fsp3) is 0.500. The first kappa shape index (κ1) is 19.9. The van der Waals surface area contributed by atoms with Crippen LogP contribution in [0, 0.1) is 12.8 Å². The molecule has 1 N–H and O–H groups in total. The molecule has 1 aliphatic heterocycles. The van der Waals surface area contributed by atoms with E-state index in [9.17, 15) is 13.5 Å². The van der Waals surface area contributed by atoms with Gasteiger partial charge in [0.1, 0.15) is 6.10 Å². The lowest BCUT2D eigenvalue weighted by atomic mass is 9.95. The minimum Gasteiger partial charge on any atom is -0.386 e. The molecule has 0 bridgehead atoms. The minimum atomic E-state index is -3.64. The maximum atomic E-state index is 12.7. The van der Waals surface area contributed by atoms with Crippen molar-refractivity contribution in [3.05, 3.63) is 53.5 Å². The quantitative estimate of drug-likeness (QED) is 0.748. The molecule has 1 fully saturated rings. The Balaban J connectivity index is 2.33. The Bertz CT molecular complexity index is 719. The van der Waals surface area contributed by atoms with Crippen molar-refractivity contribution in [1.82, 2.24) is 0 Å². The van der Waals surface area contributed by atoms with E-state index < -0.39 is 22.0 Å². The van der Waals surface area contributed by atoms with Crippen LogP contribution >= 0.6 is 0 Å². The van der Waals surface area contributed by atoms with E-state index in [-0.39, 0.29) is 11.0 Å². The van der Waals surface area contributed by atoms with E-state index in [0.717, 1.165) is 12.0 Å². The molecule has 0 spiro atoms. The van der Waals surface area contributed by atoms with Crippen LogP contribution in [0.15, 0.2) is 52.8 Å². The number of aliphatic hydroxyl groups is 1. The van der Waals surface area contributed by atoms with Gasteiger partial charge in [-0.3, -0.25) is 0 Å². The van der Waals surface area contributed by atoms with Crippen molar-refractivity contribution < 1.29 is 18.3 Å². The van der Waals surface area contributed by atoms with Crippen molar-refractivity contribution in [2.24, 2.45) is 5.92 Å². The molecule has 1 aromatic rings. The SMILES string of the molecule is C=CC[C@@H]1O[C@H](C[C@H](C)CC)[C@H](O)C1=CS(=O)(=O)c1ccc(C)cc1. The second kappa shape index (κ2) is 8.30. The largest absolute Gasteiger partial charge is 0.386 e. The number of hydrogen-bond acceptors (Lipinski definition) is 4. The molecule has 138 valence electrons. The summed E-state index contributed by atoms with van der Waals surface area (Å²) in [5.74, 6) is 0.400. The standard InChI is InChI=1S/C20H28O4S/c1-5-7-18-17(20(21)19(24-18)12-14(3)6-2)13-25(22,23)16-10-8-15(4)9-11-16/h5,8-11,13-14,18-21H,1,6-7,12H2,2-4H3/t14-,18+,19-,20-/m1/s1. The van der Waals surface area contributed by atoms with Gasteiger partial charge in [-0.1, -0.05) is 44.0 Å². The van der Waals surface area contributed by atoms with E-state index >= 15 is 0 Å². The Morgan fingerprint density at radius 1 is 1.32 bits per heavy atom. The van der Waals surface area contributed by atoms with Crippen LogP contribution in [0.5, 0.6) is 0 Å². The van der Waals surface area contributed by atoms with Gasteiger partial charge in [0.2, 0.25) is 0 Å². The number of aliphatic hydroxyl groups excluding tert-OH is 1. The van der Waals surface area contributed by atoms with Crippen molar-refractivity contribution >= 4 is 9.84 Å². The number of ether oxygens (including phenoxy) is 1. The predicted molar refractivity (Wildman–Crippen MR) is 100 cm³/mol. The molecule has 1 aliphatic rings. The minimum absolute atomic E-state index is 0.223. The predicted octanol–water partition coefficient (Wildman–Crippen LogP) is 3.79. The lowest BCUT2D eigenvalue weighted by molar-refractivity contribution is -0.00170. The van der Waals surface area contributed by atoms with Crippen molar-refractivity contribution in [3.8, 4) is 0 Å². The molecule has 1 saturated heterocycles. The first-order valence-electron chi connectivity index (χ1n) is 8.76. The third-order valence-corrected chi connectivity index (χ3v) is 6.27. The Morgan fingerprint density at radius 3 is 2.52 bits per heavy atom. The summed E-state index contributed by atoms with van der Waals surface area (Å²) in [5.41, 5.74) is 1.42.